The van der Waals surface area contributed by atoms with Crippen LogP contribution in [-0.4, -0.2) is 11.5 Å². The standard InChI is InChI=1S/C14H22N2O2/c1-11-12(6-5-7-13(11)16(17)18)10-15-9-8-14(2,3)4/h5-7,15H,8-10H2,1-4H3. The van der Waals surface area contributed by atoms with Gasteiger partial charge < -0.3 is 5.32 Å². The molecule has 0 saturated carbocycles. The molecule has 0 spiro atoms. The minimum Gasteiger partial charge on any atom is -0.313 e. The molecule has 0 bridgehead atoms. The molecule has 100 valence electrons. The van der Waals surface area contributed by atoms with Gasteiger partial charge in [-0.2, -0.15) is 0 Å². The number of hydrogen-bond acceptors (Lipinski definition) is 3. The molecule has 0 atom stereocenters. The lowest BCUT2D eigenvalue weighted by Crippen LogP contribution is -2.20. The van der Waals surface area contributed by atoms with Crippen molar-refractivity contribution in [1.82, 2.24) is 5.32 Å². The molecule has 18 heavy (non-hydrogen) atoms. The Balaban J connectivity index is 2.58. The second-order valence-corrected chi connectivity index (χ2v) is 5.81. The molecule has 0 saturated heterocycles. The highest BCUT2D eigenvalue weighted by atomic mass is 16.6. The van der Waals surface area contributed by atoms with Gasteiger partial charge in [-0.3, -0.25) is 10.1 Å². The lowest BCUT2D eigenvalue weighted by Gasteiger charge is -2.18. The Hall–Kier alpha value is -1.42. The molecule has 0 unspecified atom stereocenters. The lowest BCUT2D eigenvalue weighted by atomic mass is 9.92. The summed E-state index contributed by atoms with van der Waals surface area (Å²) >= 11 is 0. The molecule has 0 aliphatic heterocycles. The van der Waals surface area contributed by atoms with E-state index in [1.807, 2.05) is 6.07 Å². The smallest absolute Gasteiger partial charge is 0.272 e. The first-order chi connectivity index (χ1) is 8.31. The fourth-order valence-corrected chi connectivity index (χ4v) is 1.75. The predicted molar refractivity (Wildman–Crippen MR) is 73.6 cm³/mol. The summed E-state index contributed by atoms with van der Waals surface area (Å²) in [4.78, 5) is 10.5. The zero-order valence-corrected chi connectivity index (χ0v) is 11.6. The molecule has 0 aromatic heterocycles. The summed E-state index contributed by atoms with van der Waals surface area (Å²) in [5.74, 6) is 0. The van der Waals surface area contributed by atoms with E-state index in [1.165, 1.54) is 0 Å². The van der Waals surface area contributed by atoms with Gasteiger partial charge in [0.1, 0.15) is 0 Å². The quantitative estimate of drug-likeness (QED) is 0.495. The van der Waals surface area contributed by atoms with E-state index in [4.69, 9.17) is 0 Å². The van der Waals surface area contributed by atoms with Crippen LogP contribution in [0.4, 0.5) is 5.69 Å². The van der Waals surface area contributed by atoms with E-state index in [9.17, 15) is 10.1 Å². The first-order valence-electron chi connectivity index (χ1n) is 6.25. The van der Waals surface area contributed by atoms with Crippen molar-refractivity contribution in [2.24, 2.45) is 5.41 Å². The Morgan fingerprint density at radius 3 is 2.56 bits per heavy atom. The third-order valence-electron chi connectivity index (χ3n) is 2.98. The highest BCUT2D eigenvalue weighted by Crippen LogP contribution is 2.21. The number of nitrogens with zero attached hydrogens (tertiary/aromatic N) is 1. The minimum absolute atomic E-state index is 0.199. The van der Waals surface area contributed by atoms with Gasteiger partial charge in [0, 0.05) is 18.2 Å². The Bertz CT molecular complexity index is 422. The SMILES string of the molecule is Cc1c(CNCCC(C)(C)C)cccc1[N+](=O)[O-]. The van der Waals surface area contributed by atoms with Crippen molar-refractivity contribution in [3.05, 3.63) is 39.4 Å². The predicted octanol–water partition coefficient (Wildman–Crippen LogP) is 3.43. The summed E-state index contributed by atoms with van der Waals surface area (Å²) in [6.45, 7) is 10.0. The average molecular weight is 250 g/mol. The first-order valence-corrected chi connectivity index (χ1v) is 6.25. The molecule has 0 radical (unpaired) electrons. The Kier molecular flexibility index (Phi) is 4.84. The van der Waals surface area contributed by atoms with E-state index in [0.29, 0.717) is 12.0 Å². The van der Waals surface area contributed by atoms with Crippen LogP contribution in [0.3, 0.4) is 0 Å². The normalized spacial score (nSPS) is 11.6. The second-order valence-electron chi connectivity index (χ2n) is 5.81. The highest BCUT2D eigenvalue weighted by Gasteiger charge is 2.13. The van der Waals surface area contributed by atoms with Crippen molar-refractivity contribution in [2.45, 2.75) is 40.7 Å². The van der Waals surface area contributed by atoms with Gasteiger partial charge in [0.15, 0.2) is 0 Å². The summed E-state index contributed by atoms with van der Waals surface area (Å²) in [6.07, 6.45) is 1.08. The fraction of sp³-hybridized carbons (Fsp3) is 0.571. The van der Waals surface area contributed by atoms with Crippen LogP contribution >= 0.6 is 0 Å². The van der Waals surface area contributed by atoms with Gasteiger partial charge in [0.25, 0.3) is 5.69 Å². The molecule has 4 heteroatoms. The van der Waals surface area contributed by atoms with E-state index in [1.54, 1.807) is 19.1 Å². The topological polar surface area (TPSA) is 55.2 Å². The zero-order valence-electron chi connectivity index (χ0n) is 11.6. The van der Waals surface area contributed by atoms with Gasteiger partial charge in [0.2, 0.25) is 0 Å². The summed E-state index contributed by atoms with van der Waals surface area (Å²) < 4.78 is 0. The largest absolute Gasteiger partial charge is 0.313 e. The van der Waals surface area contributed by atoms with Crippen molar-refractivity contribution < 1.29 is 4.92 Å². The number of hydrogen-bond donors (Lipinski definition) is 1. The van der Waals surface area contributed by atoms with Crippen LogP contribution in [0.1, 0.15) is 38.3 Å². The molecule has 1 rings (SSSR count). The van der Waals surface area contributed by atoms with E-state index < -0.39 is 0 Å². The molecular weight excluding hydrogens is 228 g/mol. The van der Waals surface area contributed by atoms with Gasteiger partial charge in [-0.05, 0) is 30.9 Å². The van der Waals surface area contributed by atoms with Crippen molar-refractivity contribution in [2.75, 3.05) is 6.54 Å². The molecule has 4 nitrogen and oxygen atoms in total. The third-order valence-corrected chi connectivity index (χ3v) is 2.98. The maximum atomic E-state index is 10.8. The van der Waals surface area contributed by atoms with Gasteiger partial charge in [0.05, 0.1) is 4.92 Å². The van der Waals surface area contributed by atoms with Crippen LogP contribution in [0, 0.1) is 22.5 Å². The van der Waals surface area contributed by atoms with Gasteiger partial charge in [-0.25, -0.2) is 0 Å². The van der Waals surface area contributed by atoms with E-state index in [-0.39, 0.29) is 10.6 Å². The molecule has 1 aromatic rings. The molecule has 0 amide bonds. The van der Waals surface area contributed by atoms with Crippen LogP contribution < -0.4 is 5.32 Å². The number of rotatable bonds is 5. The van der Waals surface area contributed by atoms with Crippen molar-refractivity contribution in [1.29, 1.82) is 0 Å². The fourth-order valence-electron chi connectivity index (χ4n) is 1.75. The summed E-state index contributed by atoms with van der Waals surface area (Å²) in [5, 5.41) is 14.2. The Morgan fingerprint density at radius 1 is 1.33 bits per heavy atom. The number of benzene rings is 1. The lowest BCUT2D eigenvalue weighted by molar-refractivity contribution is -0.385. The molecule has 0 aliphatic carbocycles. The number of nitrogens with one attached hydrogen (secondary N) is 1. The van der Waals surface area contributed by atoms with E-state index in [2.05, 4.69) is 26.1 Å². The minimum atomic E-state index is -0.325. The average Bonchev–Trinajstić information content (AvgIpc) is 2.24. The zero-order chi connectivity index (χ0) is 13.8. The van der Waals surface area contributed by atoms with Gasteiger partial charge >= 0.3 is 0 Å². The van der Waals surface area contributed by atoms with Crippen LogP contribution in [-0.2, 0) is 6.54 Å². The molecule has 1 aromatic carbocycles. The Morgan fingerprint density at radius 2 is 2.00 bits per heavy atom. The number of nitro benzene ring substituents is 1. The van der Waals surface area contributed by atoms with Crippen molar-refractivity contribution >= 4 is 5.69 Å². The molecule has 0 aliphatic rings. The van der Waals surface area contributed by atoms with E-state index >= 15 is 0 Å². The van der Waals surface area contributed by atoms with Crippen LogP contribution in [0.25, 0.3) is 0 Å². The molecule has 0 fully saturated rings. The van der Waals surface area contributed by atoms with E-state index in [0.717, 1.165) is 24.1 Å². The van der Waals surface area contributed by atoms with Gasteiger partial charge in [-0.15, -0.1) is 0 Å². The molecule has 1 N–H and O–H groups in total. The van der Waals surface area contributed by atoms with Crippen LogP contribution in [0.5, 0.6) is 0 Å². The highest BCUT2D eigenvalue weighted by molar-refractivity contribution is 5.44. The monoisotopic (exact) mass is 250 g/mol. The summed E-state index contributed by atoms with van der Waals surface area (Å²) in [5.41, 5.74) is 2.26. The first kappa shape index (κ1) is 14.6. The summed E-state index contributed by atoms with van der Waals surface area (Å²) in [6, 6.07) is 5.23. The summed E-state index contributed by atoms with van der Waals surface area (Å²) in [7, 11) is 0. The van der Waals surface area contributed by atoms with Gasteiger partial charge in [-0.1, -0.05) is 32.9 Å². The molecule has 0 heterocycles. The van der Waals surface area contributed by atoms with Crippen molar-refractivity contribution in [3.63, 3.8) is 0 Å². The van der Waals surface area contributed by atoms with Crippen molar-refractivity contribution in [3.8, 4) is 0 Å². The maximum Gasteiger partial charge on any atom is 0.272 e. The van der Waals surface area contributed by atoms with Crippen LogP contribution in [0.2, 0.25) is 0 Å². The Labute approximate surface area is 109 Å². The third kappa shape index (κ3) is 4.45. The van der Waals surface area contributed by atoms with Crippen LogP contribution in [0.15, 0.2) is 18.2 Å². The number of nitro groups is 1. The second kappa shape index (κ2) is 5.96. The molecular formula is C14H22N2O2. The maximum absolute atomic E-state index is 10.8.